The van der Waals surface area contributed by atoms with Gasteiger partial charge in [0.1, 0.15) is 5.75 Å². The third kappa shape index (κ3) is 3.34. The van der Waals surface area contributed by atoms with Gasteiger partial charge >= 0.3 is 0 Å². The number of carbonyl (C=O) groups excluding carboxylic acids is 1. The fourth-order valence-corrected chi connectivity index (χ4v) is 4.09. The lowest BCUT2D eigenvalue weighted by Gasteiger charge is -2.34. The summed E-state index contributed by atoms with van der Waals surface area (Å²) in [6.45, 7) is 3.41. The van der Waals surface area contributed by atoms with Crippen molar-refractivity contribution in [3.05, 3.63) is 42.5 Å². The molecule has 2 aromatic rings. The highest BCUT2D eigenvalue weighted by Crippen LogP contribution is 2.33. The van der Waals surface area contributed by atoms with E-state index in [0.29, 0.717) is 11.8 Å². The van der Waals surface area contributed by atoms with Gasteiger partial charge in [-0.25, -0.2) is 15.0 Å². The van der Waals surface area contributed by atoms with Crippen LogP contribution in [0.3, 0.4) is 0 Å². The number of rotatable bonds is 3. The number of aromatic hydroxyl groups is 1. The predicted octanol–water partition coefficient (Wildman–Crippen LogP) is 1.96. The molecular formula is C19H23N5O2. The van der Waals surface area contributed by atoms with E-state index >= 15 is 0 Å². The van der Waals surface area contributed by atoms with E-state index in [1.807, 2.05) is 11.0 Å². The molecule has 4 rings (SSSR count). The maximum Gasteiger partial charge on any atom is 0.276 e. The smallest absolute Gasteiger partial charge is 0.276 e. The number of nitrogens with zero attached hydrogens (tertiary/aromatic N) is 5. The minimum atomic E-state index is -0.166. The molecule has 1 atom stereocenters. The first kappa shape index (κ1) is 16.8. The van der Waals surface area contributed by atoms with E-state index in [-0.39, 0.29) is 17.4 Å². The molecule has 7 nitrogen and oxygen atoms in total. The molecule has 2 aliphatic rings. The quantitative estimate of drug-likeness (QED) is 0.908. The summed E-state index contributed by atoms with van der Waals surface area (Å²) < 4.78 is 0. The Morgan fingerprint density at radius 1 is 0.962 bits per heavy atom. The van der Waals surface area contributed by atoms with E-state index in [4.69, 9.17) is 0 Å². The molecule has 1 amide bonds. The van der Waals surface area contributed by atoms with Crippen LogP contribution in [0.2, 0.25) is 0 Å². The second-order valence-corrected chi connectivity index (χ2v) is 7.04. The molecule has 0 aliphatic carbocycles. The topological polar surface area (TPSA) is 82.5 Å². The van der Waals surface area contributed by atoms with Crippen LogP contribution in [0.15, 0.2) is 36.8 Å². The molecule has 26 heavy (non-hydrogen) atoms. The molecule has 2 aromatic heterocycles. The van der Waals surface area contributed by atoms with Gasteiger partial charge in [0.15, 0.2) is 5.69 Å². The first-order chi connectivity index (χ1) is 12.7. The minimum absolute atomic E-state index is 0.0443. The molecular weight excluding hydrogens is 330 g/mol. The molecule has 1 N–H and O–H groups in total. The van der Waals surface area contributed by atoms with Gasteiger partial charge in [-0.3, -0.25) is 4.79 Å². The summed E-state index contributed by atoms with van der Waals surface area (Å²) in [6, 6.07) is 4.97. The standard InChI is InChI=1S/C19H23N5O2/c25-16-3-1-7-20-17(16)18(26)24-12-6-15(13-24)14-4-10-23(11-5-14)19-21-8-2-9-22-19/h1-3,7-9,14-15,25H,4-6,10-13H2. The van der Waals surface area contributed by atoms with Crippen LogP contribution < -0.4 is 4.90 Å². The number of hydrogen-bond acceptors (Lipinski definition) is 6. The first-order valence-corrected chi connectivity index (χ1v) is 9.17. The van der Waals surface area contributed by atoms with Crippen LogP contribution in [0.5, 0.6) is 5.75 Å². The number of likely N-dealkylation sites (tertiary alicyclic amines) is 1. The molecule has 1 unspecified atom stereocenters. The summed E-state index contributed by atoms with van der Waals surface area (Å²) in [5, 5.41) is 9.87. The van der Waals surface area contributed by atoms with E-state index in [0.717, 1.165) is 51.4 Å². The lowest BCUT2D eigenvalue weighted by Crippen LogP contribution is -2.38. The molecule has 136 valence electrons. The summed E-state index contributed by atoms with van der Waals surface area (Å²) in [5.41, 5.74) is 0.157. The largest absolute Gasteiger partial charge is 0.505 e. The predicted molar refractivity (Wildman–Crippen MR) is 96.9 cm³/mol. The average molecular weight is 353 g/mol. The van der Waals surface area contributed by atoms with E-state index < -0.39 is 0 Å². The van der Waals surface area contributed by atoms with Crippen molar-refractivity contribution in [3.8, 4) is 5.75 Å². The molecule has 4 heterocycles. The fourth-order valence-electron chi connectivity index (χ4n) is 4.09. The lowest BCUT2D eigenvalue weighted by molar-refractivity contribution is 0.0771. The van der Waals surface area contributed by atoms with Crippen LogP contribution in [0.25, 0.3) is 0 Å². The van der Waals surface area contributed by atoms with E-state index in [1.54, 1.807) is 24.7 Å². The first-order valence-electron chi connectivity index (χ1n) is 9.17. The monoisotopic (exact) mass is 353 g/mol. The van der Waals surface area contributed by atoms with Gasteiger partial charge in [0.25, 0.3) is 5.91 Å². The van der Waals surface area contributed by atoms with Crippen LogP contribution >= 0.6 is 0 Å². The van der Waals surface area contributed by atoms with Crippen molar-refractivity contribution >= 4 is 11.9 Å². The number of hydrogen-bond donors (Lipinski definition) is 1. The van der Waals surface area contributed by atoms with Gasteiger partial charge in [-0.05, 0) is 49.3 Å². The van der Waals surface area contributed by atoms with Crippen molar-refractivity contribution in [2.24, 2.45) is 11.8 Å². The highest BCUT2D eigenvalue weighted by atomic mass is 16.3. The molecule has 7 heteroatoms. The molecule has 0 saturated carbocycles. The van der Waals surface area contributed by atoms with E-state index in [1.165, 1.54) is 6.07 Å². The maximum atomic E-state index is 12.6. The zero-order valence-electron chi connectivity index (χ0n) is 14.7. The van der Waals surface area contributed by atoms with Crippen LogP contribution in [0, 0.1) is 11.8 Å². The number of piperidine rings is 1. The average Bonchev–Trinajstić information content (AvgIpc) is 3.19. The molecule has 0 aromatic carbocycles. The van der Waals surface area contributed by atoms with Crippen molar-refractivity contribution in [1.29, 1.82) is 0 Å². The van der Waals surface area contributed by atoms with Crippen LogP contribution in [-0.4, -0.2) is 57.0 Å². The van der Waals surface area contributed by atoms with Crippen molar-refractivity contribution < 1.29 is 9.90 Å². The molecule has 2 aliphatic heterocycles. The Bertz CT molecular complexity index is 762. The normalized spacial score (nSPS) is 21.2. The Morgan fingerprint density at radius 3 is 2.38 bits per heavy atom. The van der Waals surface area contributed by atoms with Crippen LogP contribution in [0.1, 0.15) is 29.8 Å². The van der Waals surface area contributed by atoms with Gasteiger partial charge in [-0.1, -0.05) is 0 Å². The zero-order chi connectivity index (χ0) is 17.9. The number of pyridine rings is 1. The van der Waals surface area contributed by atoms with E-state index in [9.17, 15) is 9.90 Å². The van der Waals surface area contributed by atoms with Crippen LogP contribution in [-0.2, 0) is 0 Å². The molecule has 0 radical (unpaired) electrons. The van der Waals surface area contributed by atoms with Gasteiger partial charge in [-0.15, -0.1) is 0 Å². The van der Waals surface area contributed by atoms with Gasteiger partial charge in [0.05, 0.1) is 0 Å². The van der Waals surface area contributed by atoms with Crippen LogP contribution in [0.4, 0.5) is 5.95 Å². The molecule has 2 fully saturated rings. The van der Waals surface area contributed by atoms with Crippen molar-refractivity contribution in [2.75, 3.05) is 31.1 Å². The summed E-state index contributed by atoms with van der Waals surface area (Å²) in [4.78, 5) is 29.4. The second-order valence-electron chi connectivity index (χ2n) is 7.04. The maximum absolute atomic E-state index is 12.6. The minimum Gasteiger partial charge on any atom is -0.505 e. The SMILES string of the molecule is O=C(c1ncccc1O)N1CCC(C2CCN(c3ncccn3)CC2)C1. The fraction of sp³-hybridized carbons (Fsp3) is 0.474. The Kier molecular flexibility index (Phi) is 4.69. The van der Waals surface area contributed by atoms with Gasteiger partial charge < -0.3 is 14.9 Å². The number of carbonyl (C=O) groups is 1. The third-order valence-electron chi connectivity index (χ3n) is 5.54. The van der Waals surface area contributed by atoms with Crippen molar-refractivity contribution in [3.63, 3.8) is 0 Å². The Hall–Kier alpha value is -2.70. The van der Waals surface area contributed by atoms with Crippen molar-refractivity contribution in [2.45, 2.75) is 19.3 Å². The number of amides is 1. The summed E-state index contributed by atoms with van der Waals surface area (Å²) in [5.74, 6) is 1.73. The van der Waals surface area contributed by atoms with E-state index in [2.05, 4.69) is 19.9 Å². The summed E-state index contributed by atoms with van der Waals surface area (Å²) >= 11 is 0. The summed E-state index contributed by atoms with van der Waals surface area (Å²) in [6.07, 6.45) is 8.32. The highest BCUT2D eigenvalue weighted by Gasteiger charge is 2.35. The number of aromatic nitrogens is 3. The summed E-state index contributed by atoms with van der Waals surface area (Å²) in [7, 11) is 0. The highest BCUT2D eigenvalue weighted by molar-refractivity contribution is 5.94. The lowest BCUT2D eigenvalue weighted by atomic mass is 9.84. The van der Waals surface area contributed by atoms with Gasteiger partial charge in [0, 0.05) is 44.8 Å². The third-order valence-corrected chi connectivity index (χ3v) is 5.54. The second kappa shape index (κ2) is 7.27. The van der Waals surface area contributed by atoms with Gasteiger partial charge in [-0.2, -0.15) is 0 Å². The van der Waals surface area contributed by atoms with Gasteiger partial charge in [0.2, 0.25) is 5.95 Å². The zero-order valence-corrected chi connectivity index (χ0v) is 14.7. The Morgan fingerprint density at radius 2 is 1.65 bits per heavy atom. The molecule has 0 spiro atoms. The molecule has 0 bridgehead atoms. The Balaban J connectivity index is 1.34. The van der Waals surface area contributed by atoms with Crippen molar-refractivity contribution in [1.82, 2.24) is 19.9 Å². The Labute approximate surface area is 152 Å². The number of anilines is 1. The molecule has 2 saturated heterocycles.